The summed E-state index contributed by atoms with van der Waals surface area (Å²) >= 11 is 0. The number of anilines is 2. The van der Waals surface area contributed by atoms with E-state index in [1.807, 2.05) is 11.0 Å². The van der Waals surface area contributed by atoms with Crippen molar-refractivity contribution in [2.45, 2.75) is 31.1 Å². The van der Waals surface area contributed by atoms with E-state index in [4.69, 9.17) is 0 Å². The van der Waals surface area contributed by atoms with Gasteiger partial charge in [-0.05, 0) is 66.8 Å². The standard InChI is InChI=1S/C28H30N4O3S/c1-2-21-7-3-4-10-25(21)31-17-19-32(20-18-31)28(33)23-12-14-24(15-13-23)30-36(34,35)26-11-5-8-22-9-6-16-29-27(22)26/h3-5,7-8,10-16,30H,2,6,9,17-20H2,1H3. The molecular formula is C28H30N4O3S. The Bertz CT molecular complexity index is 1390. The molecule has 5 rings (SSSR count). The summed E-state index contributed by atoms with van der Waals surface area (Å²) in [6, 6.07) is 20.3. The van der Waals surface area contributed by atoms with Crippen LogP contribution in [-0.2, 0) is 22.9 Å². The van der Waals surface area contributed by atoms with Crippen LogP contribution in [0.25, 0.3) is 0 Å². The fraction of sp³-hybridized carbons (Fsp3) is 0.286. The first-order valence-electron chi connectivity index (χ1n) is 12.4. The predicted molar refractivity (Wildman–Crippen MR) is 144 cm³/mol. The number of piperazine rings is 1. The summed E-state index contributed by atoms with van der Waals surface area (Å²) in [4.78, 5) is 21.8. The number of aryl methyl sites for hydroxylation is 2. The van der Waals surface area contributed by atoms with E-state index in [1.165, 1.54) is 11.3 Å². The second-order valence-corrected chi connectivity index (χ2v) is 10.7. The molecule has 0 saturated carbocycles. The van der Waals surface area contributed by atoms with Crippen molar-refractivity contribution in [3.8, 4) is 0 Å². The monoisotopic (exact) mass is 502 g/mol. The Morgan fingerprint density at radius 3 is 2.44 bits per heavy atom. The Balaban J connectivity index is 1.24. The van der Waals surface area contributed by atoms with Crippen molar-refractivity contribution in [1.29, 1.82) is 0 Å². The SMILES string of the molecule is CCc1ccccc1N1CCN(C(=O)c2ccc(NS(=O)(=O)c3cccc4c3N=CCC4)cc2)CC1. The number of aliphatic imine (C=N–C) groups is 1. The highest BCUT2D eigenvalue weighted by Gasteiger charge is 2.24. The number of hydrogen-bond donors (Lipinski definition) is 1. The number of carbonyl (C=O) groups excluding carboxylic acids is 1. The first kappa shape index (κ1) is 24.1. The minimum Gasteiger partial charge on any atom is -0.368 e. The second kappa shape index (κ2) is 10.1. The minimum absolute atomic E-state index is 0.0423. The summed E-state index contributed by atoms with van der Waals surface area (Å²) in [6.45, 7) is 5.01. The first-order chi connectivity index (χ1) is 17.5. The molecule has 1 saturated heterocycles. The lowest BCUT2D eigenvalue weighted by Gasteiger charge is -2.37. The van der Waals surface area contributed by atoms with E-state index < -0.39 is 10.0 Å². The predicted octanol–water partition coefficient (Wildman–Crippen LogP) is 4.66. The number of nitrogens with zero attached hydrogens (tertiary/aromatic N) is 3. The quantitative estimate of drug-likeness (QED) is 0.532. The van der Waals surface area contributed by atoms with Crippen molar-refractivity contribution >= 4 is 39.2 Å². The Kier molecular flexibility index (Phi) is 6.78. The topological polar surface area (TPSA) is 82.1 Å². The molecule has 3 aromatic carbocycles. The fourth-order valence-electron chi connectivity index (χ4n) is 4.85. The highest BCUT2D eigenvalue weighted by atomic mass is 32.2. The molecule has 1 fully saturated rings. The average Bonchev–Trinajstić information content (AvgIpc) is 2.92. The van der Waals surface area contributed by atoms with Gasteiger partial charge in [0.25, 0.3) is 15.9 Å². The van der Waals surface area contributed by atoms with Crippen molar-refractivity contribution in [2.24, 2.45) is 4.99 Å². The van der Waals surface area contributed by atoms with Gasteiger partial charge in [-0.2, -0.15) is 0 Å². The number of para-hydroxylation sites is 2. The summed E-state index contributed by atoms with van der Waals surface area (Å²) in [5.74, 6) is -0.0423. The number of benzene rings is 3. The lowest BCUT2D eigenvalue weighted by Crippen LogP contribution is -2.49. The third-order valence-corrected chi connectivity index (χ3v) is 8.21. The molecule has 2 aliphatic heterocycles. The maximum Gasteiger partial charge on any atom is 0.264 e. The van der Waals surface area contributed by atoms with E-state index >= 15 is 0 Å². The second-order valence-electron chi connectivity index (χ2n) is 9.06. The molecule has 0 unspecified atom stereocenters. The molecular weight excluding hydrogens is 472 g/mol. The summed E-state index contributed by atoms with van der Waals surface area (Å²) in [6.07, 6.45) is 4.31. The molecule has 8 heteroatoms. The number of nitrogens with one attached hydrogen (secondary N) is 1. The van der Waals surface area contributed by atoms with Gasteiger partial charge in [-0.1, -0.05) is 37.3 Å². The summed E-state index contributed by atoms with van der Waals surface area (Å²) < 4.78 is 28.8. The average molecular weight is 503 g/mol. The Labute approximate surface area is 212 Å². The number of amides is 1. The highest BCUT2D eigenvalue weighted by molar-refractivity contribution is 7.92. The summed E-state index contributed by atoms with van der Waals surface area (Å²) in [7, 11) is -3.81. The van der Waals surface area contributed by atoms with Crippen molar-refractivity contribution < 1.29 is 13.2 Å². The molecule has 2 heterocycles. The Morgan fingerprint density at radius 2 is 1.69 bits per heavy atom. The van der Waals surface area contributed by atoms with Gasteiger partial charge in [-0.25, -0.2) is 8.42 Å². The normalized spacial score (nSPS) is 15.5. The molecule has 0 radical (unpaired) electrons. The molecule has 0 atom stereocenters. The van der Waals surface area contributed by atoms with Gasteiger partial charge in [0, 0.05) is 49.3 Å². The number of hydrogen-bond acceptors (Lipinski definition) is 5. The van der Waals surface area contributed by atoms with Crippen molar-refractivity contribution in [3.05, 3.63) is 83.4 Å². The van der Waals surface area contributed by atoms with Gasteiger partial charge in [-0.3, -0.25) is 14.5 Å². The first-order valence-corrected chi connectivity index (χ1v) is 13.8. The van der Waals surface area contributed by atoms with E-state index in [-0.39, 0.29) is 10.8 Å². The van der Waals surface area contributed by atoms with E-state index in [2.05, 4.69) is 45.8 Å². The smallest absolute Gasteiger partial charge is 0.264 e. The molecule has 0 spiro atoms. The third kappa shape index (κ3) is 4.86. The molecule has 0 aliphatic carbocycles. The molecule has 1 N–H and O–H groups in total. The van der Waals surface area contributed by atoms with E-state index in [0.29, 0.717) is 30.0 Å². The highest BCUT2D eigenvalue weighted by Crippen LogP contribution is 2.32. The van der Waals surface area contributed by atoms with E-state index in [9.17, 15) is 13.2 Å². The largest absolute Gasteiger partial charge is 0.368 e. The molecule has 1 amide bonds. The van der Waals surface area contributed by atoms with Gasteiger partial charge in [0.05, 0.1) is 5.69 Å². The van der Waals surface area contributed by atoms with Crippen molar-refractivity contribution in [3.63, 3.8) is 0 Å². The van der Waals surface area contributed by atoms with Gasteiger partial charge < -0.3 is 9.80 Å². The van der Waals surface area contributed by atoms with Gasteiger partial charge >= 0.3 is 0 Å². The number of rotatable bonds is 6. The molecule has 7 nitrogen and oxygen atoms in total. The van der Waals surface area contributed by atoms with Crippen LogP contribution in [0.5, 0.6) is 0 Å². The van der Waals surface area contributed by atoms with Gasteiger partial charge in [0.2, 0.25) is 0 Å². The lowest BCUT2D eigenvalue weighted by molar-refractivity contribution is 0.0747. The zero-order valence-corrected chi connectivity index (χ0v) is 21.2. The Hall–Kier alpha value is -3.65. The molecule has 186 valence electrons. The van der Waals surface area contributed by atoms with Crippen LogP contribution in [0.15, 0.2) is 76.6 Å². The fourth-order valence-corrected chi connectivity index (χ4v) is 6.10. The van der Waals surface area contributed by atoms with Crippen LogP contribution in [-0.4, -0.2) is 51.6 Å². The number of carbonyl (C=O) groups is 1. The maximum absolute atomic E-state index is 13.1. The summed E-state index contributed by atoms with van der Waals surface area (Å²) in [5, 5.41) is 0. The van der Waals surface area contributed by atoms with Crippen molar-refractivity contribution in [1.82, 2.24) is 4.90 Å². The molecule has 0 bridgehead atoms. The third-order valence-electron chi connectivity index (χ3n) is 6.80. The van der Waals surface area contributed by atoms with Crippen LogP contribution in [0.3, 0.4) is 0 Å². The van der Waals surface area contributed by atoms with Crippen LogP contribution in [0, 0.1) is 0 Å². The number of fused-ring (bicyclic) bond motifs is 1. The Morgan fingerprint density at radius 1 is 0.944 bits per heavy atom. The van der Waals surface area contributed by atoms with Gasteiger partial charge in [-0.15, -0.1) is 0 Å². The van der Waals surface area contributed by atoms with E-state index in [0.717, 1.165) is 37.9 Å². The van der Waals surface area contributed by atoms with Crippen LogP contribution in [0.2, 0.25) is 0 Å². The van der Waals surface area contributed by atoms with Gasteiger partial charge in [0.15, 0.2) is 0 Å². The zero-order chi connectivity index (χ0) is 25.1. The van der Waals surface area contributed by atoms with Crippen LogP contribution in [0.4, 0.5) is 17.1 Å². The molecule has 3 aromatic rings. The van der Waals surface area contributed by atoms with Crippen LogP contribution < -0.4 is 9.62 Å². The summed E-state index contributed by atoms with van der Waals surface area (Å²) in [5.41, 5.74) is 4.95. The maximum atomic E-state index is 13.1. The van der Waals surface area contributed by atoms with Crippen LogP contribution in [0.1, 0.15) is 34.8 Å². The minimum atomic E-state index is -3.81. The van der Waals surface area contributed by atoms with Crippen LogP contribution >= 0.6 is 0 Å². The molecule has 36 heavy (non-hydrogen) atoms. The van der Waals surface area contributed by atoms with Crippen molar-refractivity contribution in [2.75, 3.05) is 35.8 Å². The lowest BCUT2D eigenvalue weighted by atomic mass is 10.1. The van der Waals surface area contributed by atoms with Gasteiger partial charge in [0.1, 0.15) is 4.90 Å². The number of sulfonamides is 1. The molecule has 0 aromatic heterocycles. The van der Waals surface area contributed by atoms with E-state index in [1.54, 1.807) is 42.6 Å². The zero-order valence-electron chi connectivity index (χ0n) is 20.4. The molecule has 2 aliphatic rings.